The number of nitrogens with zero attached hydrogens (tertiary/aromatic N) is 1. The predicted octanol–water partition coefficient (Wildman–Crippen LogP) is -0.702. The summed E-state index contributed by atoms with van der Waals surface area (Å²) in [5, 5.41) is 19.5. The van der Waals surface area contributed by atoms with Gasteiger partial charge in [-0.25, -0.2) is 4.98 Å². The van der Waals surface area contributed by atoms with Crippen LogP contribution >= 0.6 is 0 Å². The molecular formula is C10H18N4O2. The standard InChI is InChI=1S/C10H18N4O2/c1-5-6(4-7(12)10(13)14-5)9(16)8(15)2-3-11/h4,8-9,15-16H,2-3,11-12H2,1H3,(H2,13,14). The van der Waals surface area contributed by atoms with Crippen molar-refractivity contribution in [3.05, 3.63) is 17.3 Å². The maximum Gasteiger partial charge on any atom is 0.146 e. The van der Waals surface area contributed by atoms with Gasteiger partial charge in [-0.2, -0.15) is 0 Å². The van der Waals surface area contributed by atoms with Crippen molar-refractivity contribution in [3.8, 4) is 0 Å². The maximum absolute atomic E-state index is 9.87. The number of hydrogen-bond acceptors (Lipinski definition) is 6. The van der Waals surface area contributed by atoms with Crippen LogP contribution in [0.5, 0.6) is 0 Å². The second-order valence-corrected chi connectivity index (χ2v) is 3.73. The summed E-state index contributed by atoms with van der Waals surface area (Å²) < 4.78 is 0. The van der Waals surface area contributed by atoms with E-state index in [0.717, 1.165) is 0 Å². The van der Waals surface area contributed by atoms with E-state index < -0.39 is 12.2 Å². The van der Waals surface area contributed by atoms with E-state index in [0.29, 0.717) is 29.9 Å². The highest BCUT2D eigenvalue weighted by Gasteiger charge is 2.20. The molecule has 0 amide bonds. The van der Waals surface area contributed by atoms with Gasteiger partial charge in [-0.1, -0.05) is 0 Å². The normalized spacial score (nSPS) is 14.8. The molecule has 2 atom stereocenters. The average molecular weight is 226 g/mol. The van der Waals surface area contributed by atoms with Gasteiger partial charge in [0, 0.05) is 11.3 Å². The van der Waals surface area contributed by atoms with Gasteiger partial charge in [0.15, 0.2) is 0 Å². The third-order valence-corrected chi connectivity index (χ3v) is 2.46. The fraction of sp³-hybridized carbons (Fsp3) is 0.500. The van der Waals surface area contributed by atoms with Gasteiger partial charge in [-0.3, -0.25) is 0 Å². The number of nitrogens with two attached hydrogens (primary N) is 3. The molecule has 0 bridgehead atoms. The number of pyridine rings is 1. The number of nitrogen functional groups attached to an aromatic ring is 2. The van der Waals surface area contributed by atoms with Crippen LogP contribution in [0.2, 0.25) is 0 Å². The smallest absolute Gasteiger partial charge is 0.146 e. The minimum atomic E-state index is -1.04. The van der Waals surface area contributed by atoms with Gasteiger partial charge in [0.25, 0.3) is 0 Å². The Kier molecular flexibility index (Phi) is 4.05. The zero-order valence-electron chi connectivity index (χ0n) is 9.22. The molecule has 1 aromatic heterocycles. The quantitative estimate of drug-likeness (QED) is 0.461. The molecule has 0 radical (unpaired) electrons. The highest BCUT2D eigenvalue weighted by molar-refractivity contribution is 5.60. The number of aliphatic hydroxyl groups is 2. The number of rotatable bonds is 4. The third-order valence-electron chi connectivity index (χ3n) is 2.46. The average Bonchev–Trinajstić information content (AvgIpc) is 2.23. The van der Waals surface area contributed by atoms with Gasteiger partial charge in [-0.15, -0.1) is 0 Å². The molecule has 1 aromatic rings. The Morgan fingerprint density at radius 1 is 1.38 bits per heavy atom. The van der Waals surface area contributed by atoms with Gasteiger partial charge in [-0.05, 0) is 26.0 Å². The van der Waals surface area contributed by atoms with Crippen molar-refractivity contribution in [3.63, 3.8) is 0 Å². The van der Waals surface area contributed by atoms with E-state index in [2.05, 4.69) is 4.98 Å². The molecule has 8 N–H and O–H groups in total. The van der Waals surface area contributed by atoms with E-state index in [1.165, 1.54) is 6.07 Å². The highest BCUT2D eigenvalue weighted by Crippen LogP contribution is 2.25. The molecular weight excluding hydrogens is 208 g/mol. The van der Waals surface area contributed by atoms with E-state index in [1.807, 2.05) is 0 Å². The lowest BCUT2D eigenvalue weighted by molar-refractivity contribution is 0.0145. The molecule has 0 aliphatic carbocycles. The van der Waals surface area contributed by atoms with Gasteiger partial charge in [0.1, 0.15) is 11.9 Å². The first kappa shape index (κ1) is 12.7. The van der Waals surface area contributed by atoms with E-state index in [4.69, 9.17) is 17.2 Å². The van der Waals surface area contributed by atoms with Crippen LogP contribution in [0.25, 0.3) is 0 Å². The minimum absolute atomic E-state index is 0.224. The molecule has 0 aliphatic heterocycles. The number of anilines is 2. The van der Waals surface area contributed by atoms with Crippen molar-refractivity contribution < 1.29 is 10.2 Å². The van der Waals surface area contributed by atoms with Crippen LogP contribution in [0, 0.1) is 6.92 Å². The lowest BCUT2D eigenvalue weighted by atomic mass is 10.0. The van der Waals surface area contributed by atoms with E-state index in [9.17, 15) is 10.2 Å². The molecule has 0 saturated heterocycles. The lowest BCUT2D eigenvalue weighted by Gasteiger charge is -2.19. The Morgan fingerprint density at radius 2 is 2.00 bits per heavy atom. The van der Waals surface area contributed by atoms with Crippen molar-refractivity contribution in [2.45, 2.75) is 25.6 Å². The summed E-state index contributed by atoms with van der Waals surface area (Å²) in [5.74, 6) is 0.224. The Labute approximate surface area is 94.1 Å². The first-order valence-corrected chi connectivity index (χ1v) is 5.06. The molecule has 6 nitrogen and oxygen atoms in total. The second-order valence-electron chi connectivity index (χ2n) is 3.73. The monoisotopic (exact) mass is 226 g/mol. The van der Waals surface area contributed by atoms with Crippen LogP contribution in [0.4, 0.5) is 11.5 Å². The largest absolute Gasteiger partial charge is 0.396 e. The minimum Gasteiger partial charge on any atom is -0.396 e. The summed E-state index contributed by atoms with van der Waals surface area (Å²) >= 11 is 0. The molecule has 0 aliphatic rings. The third kappa shape index (κ3) is 2.60. The molecule has 90 valence electrons. The number of aryl methyl sites for hydroxylation is 1. The number of hydrogen-bond donors (Lipinski definition) is 5. The first-order valence-electron chi connectivity index (χ1n) is 5.06. The second kappa shape index (κ2) is 5.11. The van der Waals surface area contributed by atoms with Crippen LogP contribution in [0.15, 0.2) is 6.07 Å². The molecule has 1 rings (SSSR count). The van der Waals surface area contributed by atoms with E-state index in [-0.39, 0.29) is 5.82 Å². The van der Waals surface area contributed by atoms with Gasteiger partial charge < -0.3 is 27.4 Å². The molecule has 0 aromatic carbocycles. The van der Waals surface area contributed by atoms with Crippen molar-refractivity contribution >= 4 is 11.5 Å². The zero-order chi connectivity index (χ0) is 12.3. The summed E-state index contributed by atoms with van der Waals surface area (Å²) in [4.78, 5) is 3.99. The van der Waals surface area contributed by atoms with Gasteiger partial charge >= 0.3 is 0 Å². The first-order chi connectivity index (χ1) is 7.47. The molecule has 6 heteroatoms. The molecule has 0 spiro atoms. The van der Waals surface area contributed by atoms with Crippen molar-refractivity contribution in [2.75, 3.05) is 18.0 Å². The Balaban J connectivity index is 2.99. The van der Waals surface area contributed by atoms with E-state index >= 15 is 0 Å². The fourth-order valence-electron chi connectivity index (χ4n) is 1.49. The summed E-state index contributed by atoms with van der Waals surface area (Å²) in [6, 6.07) is 1.53. The molecule has 0 fully saturated rings. The lowest BCUT2D eigenvalue weighted by Crippen LogP contribution is -2.23. The maximum atomic E-state index is 9.87. The Bertz CT molecular complexity index is 370. The summed E-state index contributed by atoms with van der Waals surface area (Å²) in [5.41, 5.74) is 17.7. The van der Waals surface area contributed by atoms with Crippen LogP contribution in [-0.2, 0) is 0 Å². The van der Waals surface area contributed by atoms with Crippen LogP contribution < -0.4 is 17.2 Å². The molecule has 1 heterocycles. The van der Waals surface area contributed by atoms with Crippen molar-refractivity contribution in [2.24, 2.45) is 5.73 Å². The van der Waals surface area contributed by atoms with Crippen molar-refractivity contribution in [1.29, 1.82) is 0 Å². The van der Waals surface area contributed by atoms with Gasteiger partial charge in [0.05, 0.1) is 11.8 Å². The summed E-state index contributed by atoms with van der Waals surface area (Å²) in [6.07, 6.45) is -1.65. The Morgan fingerprint density at radius 3 is 2.56 bits per heavy atom. The van der Waals surface area contributed by atoms with Gasteiger partial charge in [0.2, 0.25) is 0 Å². The molecule has 0 saturated carbocycles. The number of aliphatic hydroxyl groups excluding tert-OH is 2. The van der Waals surface area contributed by atoms with Crippen molar-refractivity contribution in [1.82, 2.24) is 4.98 Å². The zero-order valence-corrected chi connectivity index (χ0v) is 9.22. The topological polar surface area (TPSA) is 131 Å². The molecule has 16 heavy (non-hydrogen) atoms. The Hall–Kier alpha value is -1.37. The van der Waals surface area contributed by atoms with Crippen LogP contribution in [-0.4, -0.2) is 27.8 Å². The summed E-state index contributed by atoms with van der Waals surface area (Å²) in [7, 11) is 0. The highest BCUT2D eigenvalue weighted by atomic mass is 16.3. The molecule has 2 unspecified atom stereocenters. The summed E-state index contributed by atoms with van der Waals surface area (Å²) in [6.45, 7) is 2.00. The van der Waals surface area contributed by atoms with E-state index in [1.54, 1.807) is 6.92 Å². The van der Waals surface area contributed by atoms with Crippen LogP contribution in [0.1, 0.15) is 23.8 Å². The predicted molar refractivity (Wildman–Crippen MR) is 62.4 cm³/mol. The van der Waals surface area contributed by atoms with Crippen LogP contribution in [0.3, 0.4) is 0 Å². The fourth-order valence-corrected chi connectivity index (χ4v) is 1.49. The SMILES string of the molecule is Cc1nc(N)c(N)cc1C(O)C(O)CCN. The number of aromatic nitrogens is 1.